The number of ether oxygens (including phenoxy) is 2. The van der Waals surface area contributed by atoms with Crippen LogP contribution in [0.15, 0.2) is 48.5 Å². The lowest BCUT2D eigenvalue weighted by atomic mass is 10.1. The Morgan fingerprint density at radius 1 is 1.08 bits per heavy atom. The monoisotopic (exact) mass is 339 g/mol. The summed E-state index contributed by atoms with van der Waals surface area (Å²) in [6.07, 6.45) is -4.48. The Hall–Kier alpha value is -2.70. The number of hydrogen-bond acceptors (Lipinski definition) is 3. The second kappa shape index (κ2) is 7.72. The lowest BCUT2D eigenvalue weighted by Crippen LogP contribution is -2.28. The van der Waals surface area contributed by atoms with Crippen LogP contribution >= 0.6 is 0 Å². The third kappa shape index (κ3) is 4.91. The van der Waals surface area contributed by atoms with Crippen molar-refractivity contribution in [1.82, 2.24) is 5.32 Å². The number of carbonyl (C=O) groups is 1. The topological polar surface area (TPSA) is 47.6 Å². The molecule has 0 atom stereocenters. The molecule has 2 aromatic rings. The van der Waals surface area contributed by atoms with Crippen LogP contribution in [0.5, 0.6) is 11.5 Å². The zero-order valence-electron chi connectivity index (χ0n) is 12.9. The van der Waals surface area contributed by atoms with E-state index in [0.717, 1.165) is 12.1 Å². The summed E-state index contributed by atoms with van der Waals surface area (Å²) in [5, 5.41) is 2.51. The number of nitrogens with one attached hydrogen (secondary N) is 1. The molecule has 0 bridgehead atoms. The Bertz CT molecular complexity index is 684. The zero-order valence-corrected chi connectivity index (χ0v) is 12.9. The molecule has 0 heterocycles. The van der Waals surface area contributed by atoms with Crippen LogP contribution in [0, 0.1) is 0 Å². The lowest BCUT2D eigenvalue weighted by molar-refractivity contribution is -0.137. The summed E-state index contributed by atoms with van der Waals surface area (Å²) in [5.41, 5.74) is -0.904. The summed E-state index contributed by atoms with van der Waals surface area (Å²) in [4.78, 5) is 11.9. The van der Waals surface area contributed by atoms with Gasteiger partial charge in [0.25, 0.3) is 5.91 Å². The fraction of sp³-hybridized carbons (Fsp3) is 0.235. The first-order valence-electron chi connectivity index (χ1n) is 7.12. The predicted molar refractivity (Wildman–Crippen MR) is 82.3 cm³/mol. The van der Waals surface area contributed by atoms with Crippen LogP contribution in [0.3, 0.4) is 0 Å². The molecule has 1 N–H and O–H groups in total. The van der Waals surface area contributed by atoms with Crippen LogP contribution in [0.4, 0.5) is 13.2 Å². The predicted octanol–water partition coefficient (Wildman–Crippen LogP) is 3.52. The SMILES string of the molecule is COc1ccc(OCCNC(=O)c2cccc(C(F)(F)F)c2)cc1. The molecule has 0 saturated heterocycles. The Balaban J connectivity index is 1.82. The highest BCUT2D eigenvalue weighted by atomic mass is 19.4. The second-order valence-corrected chi connectivity index (χ2v) is 4.86. The van der Waals surface area contributed by atoms with E-state index >= 15 is 0 Å². The van der Waals surface area contributed by atoms with E-state index in [0.29, 0.717) is 11.5 Å². The highest BCUT2D eigenvalue weighted by Gasteiger charge is 2.30. The fourth-order valence-electron chi connectivity index (χ4n) is 1.94. The van der Waals surface area contributed by atoms with Gasteiger partial charge in [-0.05, 0) is 42.5 Å². The van der Waals surface area contributed by atoms with Crippen LogP contribution in [0.25, 0.3) is 0 Å². The van der Waals surface area contributed by atoms with Gasteiger partial charge in [0.1, 0.15) is 18.1 Å². The van der Waals surface area contributed by atoms with E-state index in [1.54, 1.807) is 31.4 Å². The maximum absolute atomic E-state index is 12.6. The molecule has 128 valence electrons. The van der Waals surface area contributed by atoms with Crippen molar-refractivity contribution in [2.75, 3.05) is 20.3 Å². The minimum Gasteiger partial charge on any atom is -0.497 e. The average Bonchev–Trinajstić information content (AvgIpc) is 2.58. The van der Waals surface area contributed by atoms with Crippen LogP contribution in [0.2, 0.25) is 0 Å². The largest absolute Gasteiger partial charge is 0.497 e. The van der Waals surface area contributed by atoms with Gasteiger partial charge in [0.15, 0.2) is 0 Å². The van der Waals surface area contributed by atoms with E-state index in [2.05, 4.69) is 5.32 Å². The molecule has 0 spiro atoms. The van der Waals surface area contributed by atoms with Crippen molar-refractivity contribution in [2.24, 2.45) is 0 Å². The standard InChI is InChI=1S/C17H16F3NO3/c1-23-14-5-7-15(8-6-14)24-10-9-21-16(22)12-3-2-4-13(11-12)17(18,19)20/h2-8,11H,9-10H2,1H3,(H,21,22). The van der Waals surface area contributed by atoms with Gasteiger partial charge in [0, 0.05) is 5.56 Å². The summed E-state index contributed by atoms with van der Waals surface area (Å²) in [6, 6.07) is 11.2. The number of halogens is 3. The summed E-state index contributed by atoms with van der Waals surface area (Å²) < 4.78 is 48.3. The third-order valence-electron chi connectivity index (χ3n) is 3.17. The fourth-order valence-corrected chi connectivity index (χ4v) is 1.94. The lowest BCUT2D eigenvalue weighted by Gasteiger charge is -2.10. The quantitative estimate of drug-likeness (QED) is 0.819. The van der Waals surface area contributed by atoms with Gasteiger partial charge in [-0.1, -0.05) is 6.07 Å². The molecule has 24 heavy (non-hydrogen) atoms. The number of methoxy groups -OCH3 is 1. The van der Waals surface area contributed by atoms with Crippen molar-refractivity contribution < 1.29 is 27.4 Å². The molecule has 2 rings (SSSR count). The number of benzene rings is 2. The molecular weight excluding hydrogens is 323 g/mol. The van der Waals surface area contributed by atoms with Gasteiger partial charge in [0.05, 0.1) is 19.2 Å². The van der Waals surface area contributed by atoms with Crippen LogP contribution in [0.1, 0.15) is 15.9 Å². The number of carbonyl (C=O) groups excluding carboxylic acids is 1. The third-order valence-corrected chi connectivity index (χ3v) is 3.17. The molecule has 0 unspecified atom stereocenters. The van der Waals surface area contributed by atoms with Crippen molar-refractivity contribution in [3.8, 4) is 11.5 Å². The summed E-state index contributed by atoms with van der Waals surface area (Å²) >= 11 is 0. The van der Waals surface area contributed by atoms with E-state index in [1.165, 1.54) is 12.1 Å². The summed E-state index contributed by atoms with van der Waals surface area (Å²) in [5.74, 6) is 0.712. The number of amides is 1. The molecule has 1 amide bonds. The van der Waals surface area contributed by atoms with E-state index in [1.807, 2.05) is 0 Å². The van der Waals surface area contributed by atoms with Crippen molar-refractivity contribution in [3.05, 3.63) is 59.7 Å². The molecule has 0 radical (unpaired) electrons. The first kappa shape index (κ1) is 17.7. The molecule has 7 heteroatoms. The van der Waals surface area contributed by atoms with Gasteiger partial charge in [-0.2, -0.15) is 13.2 Å². The zero-order chi connectivity index (χ0) is 17.6. The smallest absolute Gasteiger partial charge is 0.416 e. The van der Waals surface area contributed by atoms with E-state index in [-0.39, 0.29) is 18.7 Å². The maximum atomic E-state index is 12.6. The molecule has 0 aliphatic heterocycles. The van der Waals surface area contributed by atoms with Gasteiger partial charge < -0.3 is 14.8 Å². The minimum absolute atomic E-state index is 0.0470. The first-order chi connectivity index (χ1) is 11.4. The van der Waals surface area contributed by atoms with E-state index < -0.39 is 17.6 Å². The second-order valence-electron chi connectivity index (χ2n) is 4.86. The maximum Gasteiger partial charge on any atom is 0.416 e. The van der Waals surface area contributed by atoms with Crippen LogP contribution < -0.4 is 14.8 Å². The Labute approximate surface area is 137 Å². The number of hydrogen-bond donors (Lipinski definition) is 1. The van der Waals surface area contributed by atoms with Crippen LogP contribution in [-0.4, -0.2) is 26.2 Å². The molecule has 0 fully saturated rings. The van der Waals surface area contributed by atoms with Crippen molar-refractivity contribution in [1.29, 1.82) is 0 Å². The van der Waals surface area contributed by atoms with Gasteiger partial charge in [-0.25, -0.2) is 0 Å². The summed E-state index contributed by atoms with van der Waals surface area (Å²) in [6.45, 7) is 0.359. The molecule has 4 nitrogen and oxygen atoms in total. The Morgan fingerprint density at radius 3 is 2.38 bits per heavy atom. The molecule has 0 aliphatic rings. The van der Waals surface area contributed by atoms with Crippen LogP contribution in [-0.2, 0) is 6.18 Å². The highest BCUT2D eigenvalue weighted by Crippen LogP contribution is 2.29. The van der Waals surface area contributed by atoms with Crippen molar-refractivity contribution in [2.45, 2.75) is 6.18 Å². The Morgan fingerprint density at radius 2 is 1.75 bits per heavy atom. The molecule has 0 aromatic heterocycles. The Kier molecular flexibility index (Phi) is 5.68. The summed E-state index contributed by atoms with van der Waals surface area (Å²) in [7, 11) is 1.55. The molecule has 0 aliphatic carbocycles. The first-order valence-corrected chi connectivity index (χ1v) is 7.12. The average molecular weight is 339 g/mol. The van der Waals surface area contributed by atoms with E-state index in [4.69, 9.17) is 9.47 Å². The van der Waals surface area contributed by atoms with Gasteiger partial charge in [-0.15, -0.1) is 0 Å². The highest BCUT2D eigenvalue weighted by molar-refractivity contribution is 5.94. The molecule has 0 saturated carbocycles. The van der Waals surface area contributed by atoms with Gasteiger partial charge >= 0.3 is 6.18 Å². The number of rotatable bonds is 6. The molecule has 2 aromatic carbocycles. The van der Waals surface area contributed by atoms with E-state index in [9.17, 15) is 18.0 Å². The van der Waals surface area contributed by atoms with Crippen molar-refractivity contribution >= 4 is 5.91 Å². The molecular formula is C17H16F3NO3. The van der Waals surface area contributed by atoms with Crippen molar-refractivity contribution in [3.63, 3.8) is 0 Å². The normalized spacial score (nSPS) is 11.0. The number of alkyl halides is 3. The van der Waals surface area contributed by atoms with Gasteiger partial charge in [0.2, 0.25) is 0 Å². The van der Waals surface area contributed by atoms with Gasteiger partial charge in [-0.3, -0.25) is 4.79 Å². The minimum atomic E-state index is -4.48.